The number of carbonyl (C=O) groups is 2. The molecule has 2 fully saturated rings. The predicted molar refractivity (Wildman–Crippen MR) is 136 cm³/mol. The van der Waals surface area contributed by atoms with E-state index in [0.717, 1.165) is 24.7 Å². The smallest absolute Gasteiger partial charge is 0.463 e. The molecule has 3 rings (SSSR count). The number of amides is 2. The van der Waals surface area contributed by atoms with Gasteiger partial charge < -0.3 is 29.0 Å². The molecule has 2 aliphatic rings. The number of aromatic nitrogens is 2. The van der Waals surface area contributed by atoms with Gasteiger partial charge in [0.1, 0.15) is 11.6 Å². The first-order valence-electron chi connectivity index (χ1n) is 12.8. The molecule has 1 aromatic heterocycles. The number of rotatable bonds is 7. The number of alkyl carbamates (subject to hydrolysis) is 1. The Morgan fingerprint density at radius 1 is 1.17 bits per heavy atom. The zero-order chi connectivity index (χ0) is 26.7. The van der Waals surface area contributed by atoms with Crippen LogP contribution in [0.2, 0.25) is 0 Å². The quantitative estimate of drug-likeness (QED) is 0.565. The molecule has 1 aromatic rings. The van der Waals surface area contributed by atoms with Gasteiger partial charge in [0.25, 0.3) is 0 Å². The van der Waals surface area contributed by atoms with Gasteiger partial charge in [0.05, 0.1) is 17.8 Å². The molecular weight excluding hydrogens is 463 g/mol. The summed E-state index contributed by atoms with van der Waals surface area (Å²) < 4.78 is 23.1. The minimum atomic E-state index is -0.674. The van der Waals surface area contributed by atoms with Crippen LogP contribution in [-0.2, 0) is 18.8 Å². The normalized spacial score (nSPS) is 22.2. The molecule has 1 N–H and O–H groups in total. The van der Waals surface area contributed by atoms with Gasteiger partial charge in [-0.1, -0.05) is 0 Å². The third kappa shape index (κ3) is 7.09. The molecule has 3 heterocycles. The minimum Gasteiger partial charge on any atom is -0.463 e. The highest BCUT2D eigenvalue weighted by atomic mass is 16.7. The van der Waals surface area contributed by atoms with Crippen molar-refractivity contribution in [1.82, 2.24) is 20.2 Å². The Morgan fingerprint density at radius 3 is 2.36 bits per heavy atom. The maximum atomic E-state index is 13.1. The van der Waals surface area contributed by atoms with Crippen molar-refractivity contribution in [2.24, 2.45) is 0 Å². The van der Waals surface area contributed by atoms with Crippen LogP contribution in [0.15, 0.2) is 12.4 Å². The zero-order valence-electron chi connectivity index (χ0n) is 22.9. The molecule has 2 aliphatic heterocycles. The summed E-state index contributed by atoms with van der Waals surface area (Å²) in [5.74, 6) is -0.117. The van der Waals surface area contributed by atoms with Crippen molar-refractivity contribution in [1.29, 1.82) is 0 Å². The molecule has 0 radical (unpaired) electrons. The molecule has 2 saturated heterocycles. The van der Waals surface area contributed by atoms with E-state index in [1.54, 1.807) is 40.1 Å². The summed E-state index contributed by atoms with van der Waals surface area (Å²) in [6.07, 6.45) is 6.23. The third-order valence-corrected chi connectivity index (χ3v) is 6.87. The van der Waals surface area contributed by atoms with Crippen molar-refractivity contribution in [3.05, 3.63) is 12.4 Å². The van der Waals surface area contributed by atoms with E-state index in [0.29, 0.717) is 19.6 Å². The summed E-state index contributed by atoms with van der Waals surface area (Å²) in [7, 11) is -0.526. The van der Waals surface area contributed by atoms with E-state index in [4.69, 9.17) is 18.8 Å². The van der Waals surface area contributed by atoms with E-state index in [-0.39, 0.29) is 18.0 Å². The van der Waals surface area contributed by atoms with Crippen LogP contribution >= 0.6 is 0 Å². The summed E-state index contributed by atoms with van der Waals surface area (Å²) in [4.78, 5) is 35.6. The van der Waals surface area contributed by atoms with E-state index in [1.807, 2.05) is 32.6 Å². The van der Waals surface area contributed by atoms with Crippen LogP contribution in [-0.4, -0.2) is 76.0 Å². The molecule has 10 nitrogen and oxygen atoms in total. The van der Waals surface area contributed by atoms with Crippen LogP contribution in [0.25, 0.3) is 0 Å². The highest BCUT2D eigenvalue weighted by molar-refractivity contribution is 6.61. The molecule has 11 heteroatoms. The highest BCUT2D eigenvalue weighted by Crippen LogP contribution is 2.36. The molecule has 0 spiro atoms. The number of carbonyl (C=O) groups excluding carboxylic acids is 2. The van der Waals surface area contributed by atoms with Crippen LogP contribution in [0.1, 0.15) is 81.1 Å². The lowest BCUT2D eigenvalue weighted by atomic mass is 9.81. The van der Waals surface area contributed by atoms with Crippen molar-refractivity contribution >= 4 is 24.6 Å². The molecule has 200 valence electrons. The Kier molecular flexibility index (Phi) is 8.55. The van der Waals surface area contributed by atoms with Gasteiger partial charge in [-0.3, -0.25) is 4.79 Å². The Labute approximate surface area is 215 Å². The van der Waals surface area contributed by atoms with Gasteiger partial charge in [-0.15, -0.1) is 0 Å². The van der Waals surface area contributed by atoms with Crippen LogP contribution in [0.3, 0.4) is 0 Å². The van der Waals surface area contributed by atoms with Gasteiger partial charge in [0, 0.05) is 36.9 Å². The highest BCUT2D eigenvalue weighted by Gasteiger charge is 2.52. The monoisotopic (exact) mass is 504 g/mol. The second kappa shape index (κ2) is 10.9. The molecule has 0 aliphatic carbocycles. The number of ether oxygens (including phenoxy) is 2. The van der Waals surface area contributed by atoms with E-state index in [2.05, 4.69) is 15.3 Å². The minimum absolute atomic E-state index is 0.0261. The zero-order valence-corrected chi connectivity index (χ0v) is 22.9. The van der Waals surface area contributed by atoms with E-state index >= 15 is 0 Å². The van der Waals surface area contributed by atoms with Crippen LogP contribution in [0, 0.1) is 0 Å². The predicted octanol–water partition coefficient (Wildman–Crippen LogP) is 2.84. The van der Waals surface area contributed by atoms with Gasteiger partial charge in [0.2, 0.25) is 5.91 Å². The fourth-order valence-corrected chi connectivity index (χ4v) is 4.17. The van der Waals surface area contributed by atoms with Crippen molar-refractivity contribution in [2.45, 2.75) is 110 Å². The largest absolute Gasteiger partial charge is 0.498 e. The van der Waals surface area contributed by atoms with Gasteiger partial charge in [0.15, 0.2) is 0 Å². The Morgan fingerprint density at radius 2 is 1.78 bits per heavy atom. The second-order valence-corrected chi connectivity index (χ2v) is 11.6. The van der Waals surface area contributed by atoms with Crippen LogP contribution < -0.4 is 15.5 Å². The van der Waals surface area contributed by atoms with Crippen LogP contribution in [0.5, 0.6) is 6.01 Å². The molecule has 0 saturated carbocycles. The fraction of sp³-hybridized carbons (Fsp3) is 0.760. The number of likely N-dealkylation sites (tertiary alicyclic amines) is 1. The maximum Gasteiger partial charge on any atom is 0.498 e. The summed E-state index contributed by atoms with van der Waals surface area (Å²) >= 11 is 0. The lowest BCUT2D eigenvalue weighted by Gasteiger charge is -2.37. The van der Waals surface area contributed by atoms with E-state index in [9.17, 15) is 9.59 Å². The van der Waals surface area contributed by atoms with Crippen molar-refractivity contribution < 1.29 is 28.4 Å². The topological polar surface area (TPSA) is 112 Å². The average Bonchev–Trinajstić information content (AvgIpc) is 2.99. The summed E-state index contributed by atoms with van der Waals surface area (Å²) in [5.41, 5.74) is -0.759. The SMILES string of the molecule is C[C@@H](NC(=O)OC(C)(C)C)C(=O)N1CCCC[C@H]1CCOc1ncc(B2OC(C)(C)C(C)(C)O2)cn1. The summed E-state index contributed by atoms with van der Waals surface area (Å²) in [6.45, 7) is 16.1. The van der Waals surface area contributed by atoms with Gasteiger partial charge in [-0.2, -0.15) is 0 Å². The molecule has 36 heavy (non-hydrogen) atoms. The van der Waals surface area contributed by atoms with Gasteiger partial charge in [-0.05, 0) is 74.7 Å². The Hall–Kier alpha value is -2.40. The van der Waals surface area contributed by atoms with Crippen molar-refractivity contribution in [3.63, 3.8) is 0 Å². The molecule has 2 atom stereocenters. The lowest BCUT2D eigenvalue weighted by Crippen LogP contribution is -2.53. The van der Waals surface area contributed by atoms with Crippen molar-refractivity contribution in [2.75, 3.05) is 13.2 Å². The molecule has 0 unspecified atom stereocenters. The number of nitrogens with zero attached hydrogens (tertiary/aromatic N) is 3. The third-order valence-electron chi connectivity index (χ3n) is 6.87. The van der Waals surface area contributed by atoms with E-state index < -0.39 is 36.1 Å². The Bertz CT molecular complexity index is 902. The first-order valence-corrected chi connectivity index (χ1v) is 12.8. The van der Waals surface area contributed by atoms with Crippen LogP contribution in [0.4, 0.5) is 4.79 Å². The fourth-order valence-electron chi connectivity index (χ4n) is 4.17. The lowest BCUT2D eigenvalue weighted by molar-refractivity contribution is -0.137. The Balaban J connectivity index is 1.50. The van der Waals surface area contributed by atoms with Crippen molar-refractivity contribution in [3.8, 4) is 6.01 Å². The summed E-state index contributed by atoms with van der Waals surface area (Å²) in [5, 5.41) is 2.65. The first-order chi connectivity index (χ1) is 16.7. The molecular formula is C25H41BN4O6. The maximum absolute atomic E-state index is 13.1. The number of hydrogen-bond donors (Lipinski definition) is 1. The summed E-state index contributed by atoms with van der Waals surface area (Å²) in [6, 6.07) is -0.380. The van der Waals surface area contributed by atoms with Gasteiger partial charge in [-0.25, -0.2) is 14.8 Å². The second-order valence-electron chi connectivity index (χ2n) is 11.6. The number of hydrogen-bond acceptors (Lipinski definition) is 8. The molecule has 2 amide bonds. The molecule has 0 bridgehead atoms. The van der Waals surface area contributed by atoms with Gasteiger partial charge >= 0.3 is 19.2 Å². The average molecular weight is 504 g/mol. The van der Waals surface area contributed by atoms with E-state index in [1.165, 1.54) is 0 Å². The standard InChI is InChI=1S/C25H41BN4O6/c1-17(29-22(32)34-23(2,3)4)20(31)30-13-10-9-11-19(30)12-14-33-21-27-15-18(16-28-21)26-35-24(5,6)25(7,8)36-26/h15-17,19H,9-14H2,1-8H3,(H,29,32)/t17-,19+/m1/s1. The molecule has 0 aromatic carbocycles. The number of nitrogens with one attached hydrogen (secondary N) is 1. The first kappa shape index (κ1) is 28.2. The number of piperidine rings is 1.